The molecule has 0 radical (unpaired) electrons. The SMILES string of the molecule is CCOC(=S)SCC1COC(C)(C)O1. The third-order valence-electron chi connectivity index (χ3n) is 1.72. The molecule has 0 bridgehead atoms. The van der Waals surface area contributed by atoms with Gasteiger partial charge in [-0.15, -0.1) is 0 Å². The lowest BCUT2D eigenvalue weighted by Crippen LogP contribution is -2.22. The van der Waals surface area contributed by atoms with Gasteiger partial charge in [0.1, 0.15) is 0 Å². The molecule has 1 unspecified atom stereocenters. The quantitative estimate of drug-likeness (QED) is 0.700. The molecule has 1 fully saturated rings. The Morgan fingerprint density at radius 3 is 2.86 bits per heavy atom. The first-order valence-electron chi connectivity index (χ1n) is 4.65. The lowest BCUT2D eigenvalue weighted by atomic mass is 10.4. The van der Waals surface area contributed by atoms with Gasteiger partial charge in [0, 0.05) is 5.75 Å². The van der Waals surface area contributed by atoms with Gasteiger partial charge in [-0.05, 0) is 33.0 Å². The molecule has 82 valence electrons. The van der Waals surface area contributed by atoms with Crippen LogP contribution in [0.3, 0.4) is 0 Å². The maximum atomic E-state index is 5.62. The minimum absolute atomic E-state index is 0.119. The normalized spacial score (nSPS) is 24.9. The standard InChI is InChI=1S/C9H16O3S2/c1-4-10-8(13)14-6-7-5-11-9(2,3)12-7/h7H,4-6H2,1-3H3. The zero-order valence-corrected chi connectivity index (χ0v) is 10.4. The zero-order chi connectivity index (χ0) is 10.6. The highest BCUT2D eigenvalue weighted by Crippen LogP contribution is 2.24. The lowest BCUT2D eigenvalue weighted by molar-refractivity contribution is -0.135. The van der Waals surface area contributed by atoms with E-state index in [0.29, 0.717) is 17.6 Å². The molecule has 1 saturated heterocycles. The van der Waals surface area contributed by atoms with Crippen molar-refractivity contribution in [2.75, 3.05) is 19.0 Å². The second-order valence-electron chi connectivity index (χ2n) is 3.44. The Hall–Kier alpha value is 0.160. The average Bonchev–Trinajstić information content (AvgIpc) is 2.43. The molecule has 3 nitrogen and oxygen atoms in total. The van der Waals surface area contributed by atoms with E-state index in [-0.39, 0.29) is 6.10 Å². The van der Waals surface area contributed by atoms with E-state index in [2.05, 4.69) is 0 Å². The fraction of sp³-hybridized carbons (Fsp3) is 0.889. The van der Waals surface area contributed by atoms with Gasteiger partial charge in [-0.1, -0.05) is 11.8 Å². The predicted molar refractivity (Wildman–Crippen MR) is 61.6 cm³/mol. The highest BCUT2D eigenvalue weighted by atomic mass is 32.2. The Kier molecular flexibility index (Phi) is 4.63. The summed E-state index contributed by atoms with van der Waals surface area (Å²) in [7, 11) is 0. The number of hydrogen-bond donors (Lipinski definition) is 0. The van der Waals surface area contributed by atoms with Crippen LogP contribution in [0.5, 0.6) is 0 Å². The number of hydrogen-bond acceptors (Lipinski definition) is 5. The fourth-order valence-electron chi connectivity index (χ4n) is 1.17. The highest BCUT2D eigenvalue weighted by molar-refractivity contribution is 8.22. The van der Waals surface area contributed by atoms with Crippen LogP contribution in [0, 0.1) is 0 Å². The molecule has 1 rings (SSSR count). The van der Waals surface area contributed by atoms with E-state index < -0.39 is 5.79 Å². The maximum Gasteiger partial charge on any atom is 0.220 e. The van der Waals surface area contributed by atoms with Gasteiger partial charge in [0.15, 0.2) is 5.79 Å². The summed E-state index contributed by atoms with van der Waals surface area (Å²) in [5.41, 5.74) is 0. The van der Waals surface area contributed by atoms with Crippen LogP contribution in [0.25, 0.3) is 0 Å². The summed E-state index contributed by atoms with van der Waals surface area (Å²) < 4.78 is 16.8. The molecule has 0 aromatic heterocycles. The van der Waals surface area contributed by atoms with Crippen LogP contribution in [0.1, 0.15) is 20.8 Å². The monoisotopic (exact) mass is 236 g/mol. The Morgan fingerprint density at radius 1 is 1.64 bits per heavy atom. The molecule has 1 atom stereocenters. The van der Waals surface area contributed by atoms with Crippen LogP contribution < -0.4 is 0 Å². The summed E-state index contributed by atoms with van der Waals surface area (Å²) in [4.78, 5) is 0. The largest absolute Gasteiger partial charge is 0.479 e. The number of thioether (sulfide) groups is 1. The van der Waals surface area contributed by atoms with Crippen molar-refractivity contribution in [2.24, 2.45) is 0 Å². The van der Waals surface area contributed by atoms with Gasteiger partial charge in [-0.2, -0.15) is 0 Å². The van der Waals surface area contributed by atoms with Crippen LogP contribution in [0.15, 0.2) is 0 Å². The van der Waals surface area contributed by atoms with E-state index in [0.717, 1.165) is 5.75 Å². The van der Waals surface area contributed by atoms with Gasteiger partial charge < -0.3 is 14.2 Å². The first-order valence-corrected chi connectivity index (χ1v) is 6.04. The van der Waals surface area contributed by atoms with Crippen LogP contribution in [0.4, 0.5) is 0 Å². The third-order valence-corrected chi connectivity index (χ3v) is 3.08. The van der Waals surface area contributed by atoms with Gasteiger partial charge in [-0.3, -0.25) is 0 Å². The summed E-state index contributed by atoms with van der Waals surface area (Å²) in [5, 5.41) is 0. The van der Waals surface area contributed by atoms with Crippen LogP contribution in [-0.2, 0) is 14.2 Å². The average molecular weight is 236 g/mol. The number of ether oxygens (including phenoxy) is 3. The van der Waals surface area contributed by atoms with Crippen molar-refractivity contribution < 1.29 is 14.2 Å². The van der Waals surface area contributed by atoms with Crippen molar-refractivity contribution in [3.8, 4) is 0 Å². The summed E-state index contributed by atoms with van der Waals surface area (Å²) in [5.74, 6) is 0.348. The summed E-state index contributed by atoms with van der Waals surface area (Å²) in [6.07, 6.45) is 0.119. The maximum absolute atomic E-state index is 5.62. The first-order chi connectivity index (χ1) is 6.53. The van der Waals surface area contributed by atoms with Crippen LogP contribution >= 0.6 is 24.0 Å². The fourth-order valence-corrected chi connectivity index (χ4v) is 2.18. The second kappa shape index (κ2) is 5.30. The lowest BCUT2D eigenvalue weighted by Gasteiger charge is -2.16. The summed E-state index contributed by atoms with van der Waals surface area (Å²) in [6.45, 7) is 7.01. The summed E-state index contributed by atoms with van der Waals surface area (Å²) in [6, 6.07) is 0. The predicted octanol–water partition coefficient (Wildman–Crippen LogP) is 2.19. The van der Waals surface area contributed by atoms with E-state index >= 15 is 0 Å². The molecule has 0 aromatic rings. The molecular weight excluding hydrogens is 220 g/mol. The molecule has 14 heavy (non-hydrogen) atoms. The second-order valence-corrected chi connectivity index (χ2v) is 5.07. The van der Waals surface area contributed by atoms with Crippen LogP contribution in [0.2, 0.25) is 0 Å². The van der Waals surface area contributed by atoms with Crippen molar-refractivity contribution >= 4 is 28.4 Å². The molecular formula is C9H16O3S2. The minimum atomic E-state index is -0.446. The molecule has 0 aliphatic carbocycles. The topological polar surface area (TPSA) is 27.7 Å². The highest BCUT2D eigenvalue weighted by Gasteiger charge is 2.32. The van der Waals surface area contributed by atoms with Crippen LogP contribution in [-0.4, -0.2) is 35.2 Å². The molecule has 5 heteroatoms. The van der Waals surface area contributed by atoms with E-state index in [1.54, 1.807) is 0 Å². The van der Waals surface area contributed by atoms with E-state index in [1.807, 2.05) is 20.8 Å². The molecule has 1 heterocycles. The molecule has 0 aromatic carbocycles. The van der Waals surface area contributed by atoms with Gasteiger partial charge in [0.2, 0.25) is 4.38 Å². The van der Waals surface area contributed by atoms with E-state index in [9.17, 15) is 0 Å². The Balaban J connectivity index is 2.17. The van der Waals surface area contributed by atoms with E-state index in [4.69, 9.17) is 26.4 Å². The number of rotatable bonds is 3. The molecule has 1 aliphatic heterocycles. The van der Waals surface area contributed by atoms with Crippen molar-refractivity contribution in [2.45, 2.75) is 32.7 Å². The van der Waals surface area contributed by atoms with Crippen molar-refractivity contribution in [1.82, 2.24) is 0 Å². The number of thiocarbonyl (C=S) groups is 1. The van der Waals surface area contributed by atoms with Gasteiger partial charge in [0.25, 0.3) is 0 Å². The van der Waals surface area contributed by atoms with Gasteiger partial charge in [0.05, 0.1) is 19.3 Å². The molecule has 1 aliphatic rings. The Morgan fingerprint density at radius 2 is 2.36 bits per heavy atom. The summed E-state index contributed by atoms with van der Waals surface area (Å²) >= 11 is 6.49. The Labute approximate surface area is 94.5 Å². The van der Waals surface area contributed by atoms with Gasteiger partial charge in [-0.25, -0.2) is 0 Å². The van der Waals surface area contributed by atoms with Crippen molar-refractivity contribution in [3.05, 3.63) is 0 Å². The molecule has 0 amide bonds. The first kappa shape index (κ1) is 12.2. The zero-order valence-electron chi connectivity index (χ0n) is 8.74. The smallest absolute Gasteiger partial charge is 0.220 e. The molecule has 0 N–H and O–H groups in total. The van der Waals surface area contributed by atoms with Gasteiger partial charge >= 0.3 is 0 Å². The molecule has 0 spiro atoms. The third kappa shape index (κ3) is 4.13. The minimum Gasteiger partial charge on any atom is -0.479 e. The van der Waals surface area contributed by atoms with E-state index in [1.165, 1.54) is 11.8 Å². The molecule has 0 saturated carbocycles. The van der Waals surface area contributed by atoms with Crippen molar-refractivity contribution in [1.29, 1.82) is 0 Å². The Bertz CT molecular complexity index is 206. The van der Waals surface area contributed by atoms with Crippen molar-refractivity contribution in [3.63, 3.8) is 0 Å².